The van der Waals surface area contributed by atoms with Crippen LogP contribution >= 0.6 is 0 Å². The summed E-state index contributed by atoms with van der Waals surface area (Å²) in [6.45, 7) is 1.48. The fraction of sp³-hybridized carbons (Fsp3) is 0.727. The maximum atomic E-state index is 11.5. The highest BCUT2D eigenvalue weighted by molar-refractivity contribution is 5.89. The number of aliphatic carboxylic acids is 1. The average molecular weight is 276 g/mol. The van der Waals surface area contributed by atoms with Crippen LogP contribution in [0.3, 0.4) is 0 Å². The van der Waals surface area contributed by atoms with Crippen LogP contribution in [0.15, 0.2) is 0 Å². The minimum Gasteiger partial charge on any atom is -0.481 e. The first-order chi connectivity index (χ1) is 8.92. The zero-order valence-electron chi connectivity index (χ0n) is 10.8. The lowest BCUT2D eigenvalue weighted by Gasteiger charge is -2.17. The maximum Gasteiger partial charge on any atom is 0.331 e. The summed E-state index contributed by atoms with van der Waals surface area (Å²) in [5.74, 6) is -2.82. The quantitative estimate of drug-likeness (QED) is 0.300. The number of amides is 1. The number of hydrogen-bond donors (Lipinski definition) is 4. The van der Waals surface area contributed by atoms with E-state index >= 15 is 0 Å². The molecule has 0 rings (SSSR count). The van der Waals surface area contributed by atoms with Gasteiger partial charge >= 0.3 is 11.9 Å². The van der Waals surface area contributed by atoms with E-state index in [9.17, 15) is 14.4 Å². The molecule has 0 bridgehead atoms. The third-order valence-corrected chi connectivity index (χ3v) is 2.26. The van der Waals surface area contributed by atoms with Crippen molar-refractivity contribution in [3.8, 4) is 0 Å². The second-order valence-corrected chi connectivity index (χ2v) is 3.97. The van der Waals surface area contributed by atoms with E-state index in [1.165, 1.54) is 0 Å². The van der Waals surface area contributed by atoms with Gasteiger partial charge < -0.3 is 26.0 Å². The van der Waals surface area contributed by atoms with Gasteiger partial charge in [0.1, 0.15) is 0 Å². The molecule has 8 nitrogen and oxygen atoms in total. The normalized spacial score (nSPS) is 13.4. The second-order valence-electron chi connectivity index (χ2n) is 3.97. The molecule has 19 heavy (non-hydrogen) atoms. The molecule has 0 fully saturated rings. The number of nitrogens with two attached hydrogens (primary N) is 1. The number of hydrogen-bond acceptors (Lipinski definition) is 6. The molecule has 5 N–H and O–H groups in total. The number of carboxylic acids is 1. The van der Waals surface area contributed by atoms with Gasteiger partial charge in [-0.3, -0.25) is 9.59 Å². The van der Waals surface area contributed by atoms with Gasteiger partial charge in [0.2, 0.25) is 5.91 Å². The van der Waals surface area contributed by atoms with Crippen LogP contribution in [-0.4, -0.2) is 53.4 Å². The summed E-state index contributed by atoms with van der Waals surface area (Å²) in [4.78, 5) is 33.3. The van der Waals surface area contributed by atoms with Crippen LogP contribution in [-0.2, 0) is 19.1 Å². The summed E-state index contributed by atoms with van der Waals surface area (Å²) in [6, 6.07) is -2.51. The molecule has 0 radical (unpaired) electrons. The van der Waals surface area contributed by atoms with Crippen molar-refractivity contribution in [1.29, 1.82) is 0 Å². The van der Waals surface area contributed by atoms with E-state index < -0.39 is 43.0 Å². The van der Waals surface area contributed by atoms with Gasteiger partial charge in [-0.15, -0.1) is 0 Å². The van der Waals surface area contributed by atoms with E-state index in [1.54, 1.807) is 0 Å². The summed E-state index contributed by atoms with van der Waals surface area (Å²) in [5, 5.41) is 19.6. The van der Waals surface area contributed by atoms with Gasteiger partial charge in [-0.1, -0.05) is 13.3 Å². The molecule has 0 aromatic rings. The van der Waals surface area contributed by atoms with Crippen LogP contribution in [0.2, 0.25) is 0 Å². The number of aliphatic hydroxyl groups excluding tert-OH is 1. The average Bonchev–Trinajstić information content (AvgIpc) is 2.34. The zero-order valence-corrected chi connectivity index (χ0v) is 10.8. The van der Waals surface area contributed by atoms with Crippen LogP contribution in [0.5, 0.6) is 0 Å². The fourth-order valence-electron chi connectivity index (χ4n) is 1.16. The smallest absolute Gasteiger partial charge is 0.331 e. The van der Waals surface area contributed by atoms with Gasteiger partial charge in [-0.25, -0.2) is 4.79 Å². The molecule has 8 heteroatoms. The van der Waals surface area contributed by atoms with Crippen molar-refractivity contribution in [3.05, 3.63) is 0 Å². The SMILES string of the molecule is CCCCOC(=O)[C@H](CO)NC(=O)[C@H](N)CC(=O)O. The molecule has 0 saturated heterocycles. The largest absolute Gasteiger partial charge is 0.481 e. The lowest BCUT2D eigenvalue weighted by atomic mass is 10.2. The Kier molecular flexibility index (Phi) is 8.47. The summed E-state index contributed by atoms with van der Waals surface area (Å²) >= 11 is 0. The Hall–Kier alpha value is -1.67. The molecule has 0 aromatic carbocycles. The van der Waals surface area contributed by atoms with Gasteiger partial charge in [0.25, 0.3) is 0 Å². The van der Waals surface area contributed by atoms with Crippen LogP contribution in [0.1, 0.15) is 26.2 Å². The van der Waals surface area contributed by atoms with E-state index in [-0.39, 0.29) is 6.61 Å². The van der Waals surface area contributed by atoms with Gasteiger partial charge in [-0.2, -0.15) is 0 Å². The monoisotopic (exact) mass is 276 g/mol. The first kappa shape index (κ1) is 17.3. The van der Waals surface area contributed by atoms with E-state index in [1.807, 2.05) is 6.92 Å². The molecular formula is C11H20N2O6. The van der Waals surface area contributed by atoms with Crippen molar-refractivity contribution >= 4 is 17.8 Å². The predicted octanol–water partition coefficient (Wildman–Crippen LogP) is -1.39. The number of nitrogens with one attached hydrogen (secondary N) is 1. The summed E-state index contributed by atoms with van der Waals surface area (Å²) in [5.41, 5.74) is 5.32. The molecule has 2 atom stereocenters. The number of unbranched alkanes of at least 4 members (excludes halogenated alkanes) is 1. The lowest BCUT2D eigenvalue weighted by Crippen LogP contribution is -2.51. The molecule has 110 valence electrons. The molecule has 0 heterocycles. The lowest BCUT2D eigenvalue weighted by molar-refractivity contribution is -0.149. The zero-order chi connectivity index (χ0) is 14.8. The molecule has 0 unspecified atom stereocenters. The first-order valence-corrected chi connectivity index (χ1v) is 5.97. The summed E-state index contributed by atoms with van der Waals surface area (Å²) in [7, 11) is 0. The van der Waals surface area contributed by atoms with Gasteiger partial charge in [0, 0.05) is 0 Å². The minimum absolute atomic E-state index is 0.197. The molecule has 0 aliphatic carbocycles. The van der Waals surface area contributed by atoms with Crippen LogP contribution in [0.25, 0.3) is 0 Å². The molecule has 1 amide bonds. The van der Waals surface area contributed by atoms with Crippen molar-refractivity contribution in [1.82, 2.24) is 5.32 Å². The first-order valence-electron chi connectivity index (χ1n) is 5.97. The van der Waals surface area contributed by atoms with Gasteiger partial charge in [0.05, 0.1) is 25.7 Å². The molecular weight excluding hydrogens is 256 g/mol. The van der Waals surface area contributed by atoms with Crippen molar-refractivity contribution in [3.63, 3.8) is 0 Å². The summed E-state index contributed by atoms with van der Waals surface area (Å²) < 4.78 is 4.83. The van der Waals surface area contributed by atoms with Crippen molar-refractivity contribution in [2.45, 2.75) is 38.3 Å². The standard InChI is InChI=1S/C11H20N2O6/c1-2-3-4-19-11(18)8(6-14)13-10(17)7(12)5-9(15)16/h7-8,14H,2-6,12H2,1H3,(H,13,17)(H,15,16)/t7-,8+/m1/s1. The van der Waals surface area contributed by atoms with Crippen LogP contribution in [0.4, 0.5) is 0 Å². The fourth-order valence-corrected chi connectivity index (χ4v) is 1.16. The van der Waals surface area contributed by atoms with Gasteiger partial charge in [-0.05, 0) is 6.42 Å². The Balaban J connectivity index is 4.26. The van der Waals surface area contributed by atoms with E-state index in [4.69, 9.17) is 20.7 Å². The number of carbonyl (C=O) groups excluding carboxylic acids is 2. The Morgan fingerprint density at radius 1 is 1.37 bits per heavy atom. The van der Waals surface area contributed by atoms with E-state index in [2.05, 4.69) is 5.32 Å². The van der Waals surface area contributed by atoms with Crippen molar-refractivity contribution < 1.29 is 29.3 Å². The number of rotatable bonds is 9. The van der Waals surface area contributed by atoms with Crippen LogP contribution < -0.4 is 11.1 Å². The molecule has 0 aliphatic heterocycles. The van der Waals surface area contributed by atoms with Gasteiger partial charge in [0.15, 0.2) is 6.04 Å². The van der Waals surface area contributed by atoms with E-state index in [0.717, 1.165) is 6.42 Å². The Labute approximate surface area is 110 Å². The Morgan fingerprint density at radius 3 is 2.47 bits per heavy atom. The number of aliphatic hydroxyl groups is 1. The number of ether oxygens (including phenoxy) is 1. The third-order valence-electron chi connectivity index (χ3n) is 2.26. The predicted molar refractivity (Wildman–Crippen MR) is 65.1 cm³/mol. The highest BCUT2D eigenvalue weighted by Gasteiger charge is 2.25. The maximum absolute atomic E-state index is 11.5. The Bertz CT molecular complexity index is 320. The van der Waals surface area contributed by atoms with Crippen LogP contribution in [0, 0.1) is 0 Å². The molecule has 0 spiro atoms. The third kappa shape index (κ3) is 7.37. The highest BCUT2D eigenvalue weighted by atomic mass is 16.5. The number of carbonyl (C=O) groups is 3. The van der Waals surface area contributed by atoms with Crippen molar-refractivity contribution in [2.75, 3.05) is 13.2 Å². The number of esters is 1. The van der Waals surface area contributed by atoms with E-state index in [0.29, 0.717) is 6.42 Å². The highest BCUT2D eigenvalue weighted by Crippen LogP contribution is 1.95. The summed E-state index contributed by atoms with van der Waals surface area (Å²) in [6.07, 6.45) is 0.956. The molecule has 0 aliphatic rings. The molecule has 0 saturated carbocycles. The Morgan fingerprint density at radius 2 is 2.00 bits per heavy atom. The number of carboxylic acid groups (broad SMARTS) is 1. The minimum atomic E-state index is -1.28. The second kappa shape index (κ2) is 9.29. The molecule has 0 aromatic heterocycles. The topological polar surface area (TPSA) is 139 Å². The van der Waals surface area contributed by atoms with Crippen molar-refractivity contribution in [2.24, 2.45) is 5.73 Å².